The largest absolute Gasteiger partial charge is 0.383 e. The lowest BCUT2D eigenvalue weighted by molar-refractivity contribution is -0.143. The van der Waals surface area contributed by atoms with Crippen LogP contribution < -0.4 is 0 Å². The van der Waals surface area contributed by atoms with E-state index >= 15 is 0 Å². The summed E-state index contributed by atoms with van der Waals surface area (Å²) in [5.74, 6) is -0.398. The molecule has 0 aliphatic carbocycles. The summed E-state index contributed by atoms with van der Waals surface area (Å²) in [6.45, 7) is 8.17. The number of sulfonamides is 1. The minimum atomic E-state index is -3.51. The van der Waals surface area contributed by atoms with Crippen LogP contribution >= 0.6 is 0 Å². The quantitative estimate of drug-likeness (QED) is 0.857. The second-order valence-electron chi connectivity index (χ2n) is 7.24. The van der Waals surface area contributed by atoms with E-state index in [1.807, 2.05) is 27.7 Å². The van der Waals surface area contributed by atoms with Gasteiger partial charge in [-0.15, -0.1) is 0 Å². The van der Waals surface area contributed by atoms with E-state index in [9.17, 15) is 18.3 Å². The molecule has 1 aromatic rings. The first-order valence-electron chi connectivity index (χ1n) is 8.62. The van der Waals surface area contributed by atoms with Gasteiger partial charge in [-0.2, -0.15) is 4.31 Å². The Morgan fingerprint density at radius 2 is 1.84 bits per heavy atom. The van der Waals surface area contributed by atoms with Crippen molar-refractivity contribution < 1.29 is 18.3 Å². The molecule has 1 heterocycles. The Hall–Kier alpha value is -1.44. The highest BCUT2D eigenvalue weighted by Gasteiger charge is 2.29. The Kier molecular flexibility index (Phi) is 5.91. The number of hydrogen-bond donors (Lipinski definition) is 1. The Labute approximate surface area is 150 Å². The Morgan fingerprint density at radius 1 is 1.20 bits per heavy atom. The van der Waals surface area contributed by atoms with Gasteiger partial charge >= 0.3 is 0 Å². The van der Waals surface area contributed by atoms with Crippen LogP contribution in [0.2, 0.25) is 0 Å². The van der Waals surface area contributed by atoms with Crippen LogP contribution in [-0.4, -0.2) is 54.4 Å². The van der Waals surface area contributed by atoms with Crippen LogP contribution in [0.4, 0.5) is 0 Å². The SMILES string of the molecule is CC(C)[C@@H](O)C(=O)N1CCc2cc(S(=O)(=O)N(C)C(C)C)ccc2C1. The van der Waals surface area contributed by atoms with Gasteiger partial charge in [-0.1, -0.05) is 19.9 Å². The first-order valence-corrected chi connectivity index (χ1v) is 10.1. The molecule has 6 nitrogen and oxygen atoms in total. The van der Waals surface area contributed by atoms with Gasteiger partial charge in [0, 0.05) is 26.2 Å². The number of nitrogens with zero attached hydrogens (tertiary/aromatic N) is 2. The minimum Gasteiger partial charge on any atom is -0.383 e. The fourth-order valence-electron chi connectivity index (χ4n) is 2.79. The monoisotopic (exact) mass is 368 g/mol. The average Bonchev–Trinajstić information content (AvgIpc) is 2.58. The van der Waals surface area contributed by atoms with Crippen LogP contribution in [0.25, 0.3) is 0 Å². The van der Waals surface area contributed by atoms with Gasteiger partial charge in [-0.05, 0) is 49.4 Å². The fraction of sp³-hybridized carbons (Fsp3) is 0.611. The van der Waals surface area contributed by atoms with Crippen molar-refractivity contribution in [3.63, 3.8) is 0 Å². The van der Waals surface area contributed by atoms with Crippen LogP contribution in [0.15, 0.2) is 23.1 Å². The predicted molar refractivity (Wildman–Crippen MR) is 96.5 cm³/mol. The molecule has 0 radical (unpaired) electrons. The van der Waals surface area contributed by atoms with Crippen LogP contribution in [0, 0.1) is 5.92 Å². The molecule has 0 bridgehead atoms. The Bertz CT molecular complexity index is 743. The zero-order valence-corrected chi connectivity index (χ0v) is 16.4. The van der Waals surface area contributed by atoms with E-state index in [0.717, 1.165) is 11.1 Å². The highest BCUT2D eigenvalue weighted by Crippen LogP contribution is 2.25. The van der Waals surface area contributed by atoms with Gasteiger partial charge in [0.1, 0.15) is 6.10 Å². The zero-order chi connectivity index (χ0) is 18.9. The molecule has 1 N–H and O–H groups in total. The van der Waals surface area contributed by atoms with Crippen molar-refractivity contribution in [3.8, 4) is 0 Å². The smallest absolute Gasteiger partial charge is 0.251 e. The third-order valence-electron chi connectivity index (χ3n) is 4.79. The minimum absolute atomic E-state index is 0.119. The van der Waals surface area contributed by atoms with Crippen LogP contribution in [0.3, 0.4) is 0 Å². The third-order valence-corrected chi connectivity index (χ3v) is 6.82. The molecule has 1 aliphatic heterocycles. The second-order valence-corrected chi connectivity index (χ2v) is 9.24. The first-order chi connectivity index (χ1) is 11.6. The topological polar surface area (TPSA) is 77.9 Å². The molecule has 0 aromatic heterocycles. The van der Waals surface area contributed by atoms with Gasteiger partial charge in [0.2, 0.25) is 10.0 Å². The molecule has 25 heavy (non-hydrogen) atoms. The van der Waals surface area contributed by atoms with E-state index in [-0.39, 0.29) is 22.8 Å². The summed E-state index contributed by atoms with van der Waals surface area (Å²) in [5, 5.41) is 9.98. The maximum atomic E-state index is 12.6. The Balaban J connectivity index is 2.24. The van der Waals surface area contributed by atoms with Crippen LogP contribution in [0.5, 0.6) is 0 Å². The molecule has 2 rings (SSSR count). The number of benzene rings is 1. The number of rotatable bonds is 5. The number of hydrogen-bond acceptors (Lipinski definition) is 4. The van der Waals surface area contributed by atoms with E-state index in [0.29, 0.717) is 19.5 Å². The molecule has 1 aromatic carbocycles. The summed E-state index contributed by atoms with van der Waals surface area (Å²) < 4.78 is 26.6. The number of carbonyl (C=O) groups is 1. The summed E-state index contributed by atoms with van der Waals surface area (Å²) >= 11 is 0. The summed E-state index contributed by atoms with van der Waals surface area (Å²) in [6, 6.07) is 4.97. The summed E-state index contributed by atoms with van der Waals surface area (Å²) in [5.41, 5.74) is 1.88. The van der Waals surface area contributed by atoms with E-state index < -0.39 is 16.1 Å². The molecule has 0 saturated heterocycles. The summed E-state index contributed by atoms with van der Waals surface area (Å²) in [4.78, 5) is 14.2. The van der Waals surface area contributed by atoms with Gasteiger partial charge < -0.3 is 10.0 Å². The molecule has 140 valence electrons. The van der Waals surface area contributed by atoms with Gasteiger partial charge in [0.15, 0.2) is 0 Å². The number of aliphatic hydroxyl groups is 1. The second kappa shape index (κ2) is 7.43. The molecular weight excluding hydrogens is 340 g/mol. The lowest BCUT2D eigenvalue weighted by Crippen LogP contribution is -2.44. The first kappa shape index (κ1) is 19.9. The molecule has 1 atom stereocenters. The van der Waals surface area contributed by atoms with Crippen LogP contribution in [0.1, 0.15) is 38.8 Å². The maximum Gasteiger partial charge on any atom is 0.251 e. The molecule has 1 aliphatic rings. The van der Waals surface area contributed by atoms with Gasteiger partial charge in [-0.3, -0.25) is 4.79 Å². The van der Waals surface area contributed by atoms with Crippen molar-refractivity contribution in [3.05, 3.63) is 29.3 Å². The van der Waals surface area contributed by atoms with Crippen molar-refractivity contribution in [1.29, 1.82) is 0 Å². The Morgan fingerprint density at radius 3 is 2.40 bits per heavy atom. The maximum absolute atomic E-state index is 12.6. The number of aliphatic hydroxyl groups excluding tert-OH is 1. The number of carbonyl (C=O) groups excluding carboxylic acids is 1. The zero-order valence-electron chi connectivity index (χ0n) is 15.6. The van der Waals surface area contributed by atoms with E-state index in [1.165, 1.54) is 4.31 Å². The van der Waals surface area contributed by atoms with Crippen molar-refractivity contribution in [2.75, 3.05) is 13.6 Å². The molecule has 1 amide bonds. The summed E-state index contributed by atoms with van der Waals surface area (Å²) in [7, 11) is -1.94. The standard InChI is InChI=1S/C18H28N2O4S/c1-12(2)17(21)18(22)20-9-8-14-10-16(7-6-15(14)11-20)25(23,24)19(5)13(3)4/h6-7,10,12-13,17,21H,8-9,11H2,1-5H3/t17-/m1/s1. The molecule has 0 fully saturated rings. The molecule has 0 unspecified atom stereocenters. The van der Waals surface area contributed by atoms with Crippen molar-refractivity contribution in [2.24, 2.45) is 5.92 Å². The highest BCUT2D eigenvalue weighted by atomic mass is 32.2. The summed E-state index contributed by atoms with van der Waals surface area (Å²) in [6.07, 6.45) is -0.415. The van der Waals surface area contributed by atoms with E-state index in [2.05, 4.69) is 0 Å². The highest BCUT2D eigenvalue weighted by molar-refractivity contribution is 7.89. The normalized spacial score (nSPS) is 16.4. The molecular formula is C18H28N2O4S. The number of fused-ring (bicyclic) bond motifs is 1. The molecule has 7 heteroatoms. The van der Waals surface area contributed by atoms with Crippen LogP contribution in [-0.2, 0) is 27.8 Å². The fourth-order valence-corrected chi connectivity index (χ4v) is 4.21. The number of amides is 1. The van der Waals surface area contributed by atoms with Crippen molar-refractivity contribution >= 4 is 15.9 Å². The van der Waals surface area contributed by atoms with Gasteiger partial charge in [0.25, 0.3) is 5.91 Å². The average molecular weight is 368 g/mol. The molecule has 0 saturated carbocycles. The van der Waals surface area contributed by atoms with E-state index in [1.54, 1.807) is 30.1 Å². The predicted octanol–water partition coefficient (Wildman–Crippen LogP) is 1.62. The lowest BCUT2D eigenvalue weighted by Gasteiger charge is -2.32. The van der Waals surface area contributed by atoms with Crippen molar-refractivity contribution in [1.82, 2.24) is 9.21 Å². The third kappa shape index (κ3) is 4.04. The van der Waals surface area contributed by atoms with E-state index in [4.69, 9.17) is 0 Å². The van der Waals surface area contributed by atoms with Crippen molar-refractivity contribution in [2.45, 2.75) is 57.7 Å². The van der Waals surface area contributed by atoms with Gasteiger partial charge in [-0.25, -0.2) is 8.42 Å². The van der Waals surface area contributed by atoms with Gasteiger partial charge in [0.05, 0.1) is 4.90 Å². The lowest BCUT2D eigenvalue weighted by atomic mass is 9.98. The molecule has 0 spiro atoms.